The minimum absolute atomic E-state index is 0.0961. The molecule has 1 aliphatic heterocycles. The van der Waals surface area contributed by atoms with Gasteiger partial charge >= 0.3 is 0 Å². The van der Waals surface area contributed by atoms with E-state index in [1.54, 1.807) is 18.2 Å². The summed E-state index contributed by atoms with van der Waals surface area (Å²) in [6.45, 7) is 2.57. The first kappa shape index (κ1) is 22.6. The lowest BCUT2D eigenvalue weighted by Crippen LogP contribution is -2.31. The third kappa shape index (κ3) is 4.89. The van der Waals surface area contributed by atoms with Crippen molar-refractivity contribution in [3.05, 3.63) is 76.3 Å². The summed E-state index contributed by atoms with van der Waals surface area (Å²) < 4.78 is 6.33. The molecule has 32 heavy (non-hydrogen) atoms. The van der Waals surface area contributed by atoms with Crippen LogP contribution in [0.25, 0.3) is 10.8 Å². The second-order valence-electron chi connectivity index (χ2n) is 7.47. The minimum Gasteiger partial charge on any atom is -0.496 e. The largest absolute Gasteiger partial charge is 0.496 e. The van der Waals surface area contributed by atoms with Crippen LogP contribution in [0.4, 0.5) is 0 Å². The molecule has 1 saturated heterocycles. The summed E-state index contributed by atoms with van der Waals surface area (Å²) in [5.41, 5.74) is 1.91. The van der Waals surface area contributed by atoms with Crippen molar-refractivity contribution in [2.75, 3.05) is 7.11 Å². The average molecular weight is 510 g/mol. The summed E-state index contributed by atoms with van der Waals surface area (Å²) in [7, 11) is 1.62. The number of carbonyl (C=O) groups excluding carboxylic acids is 1. The highest BCUT2D eigenvalue weighted by molar-refractivity contribution is 9.10. The van der Waals surface area contributed by atoms with Crippen molar-refractivity contribution in [1.29, 1.82) is 0 Å². The van der Waals surface area contributed by atoms with E-state index in [0.29, 0.717) is 17.5 Å². The normalized spacial score (nSPS) is 17.7. The van der Waals surface area contributed by atoms with Crippen LogP contribution < -0.4 is 4.74 Å². The van der Waals surface area contributed by atoms with Crippen molar-refractivity contribution < 1.29 is 9.53 Å². The number of rotatable bonds is 7. The topological polar surface area (TPSA) is 54.3 Å². The maximum absolute atomic E-state index is 13.2. The van der Waals surface area contributed by atoms with Crippen molar-refractivity contribution in [3.63, 3.8) is 0 Å². The molecule has 4 rings (SSSR count). The Hall–Kier alpha value is -2.64. The van der Waals surface area contributed by atoms with Crippen molar-refractivity contribution >= 4 is 55.8 Å². The lowest BCUT2D eigenvalue weighted by atomic mass is 10.0. The highest BCUT2D eigenvalue weighted by Crippen LogP contribution is 2.33. The Labute approximate surface area is 200 Å². The van der Waals surface area contributed by atoms with Gasteiger partial charge in [-0.1, -0.05) is 83.5 Å². The molecule has 1 atom stereocenters. The lowest BCUT2D eigenvalue weighted by molar-refractivity contribution is -0.126. The van der Waals surface area contributed by atoms with E-state index in [0.717, 1.165) is 39.2 Å². The number of fused-ring (bicyclic) bond motifs is 1. The average Bonchev–Trinajstić information content (AvgIpc) is 3.09. The number of halogens is 1. The van der Waals surface area contributed by atoms with Crippen molar-refractivity contribution in [2.45, 2.75) is 31.6 Å². The summed E-state index contributed by atoms with van der Waals surface area (Å²) in [4.78, 5) is 14.9. The Kier molecular flexibility index (Phi) is 7.27. The van der Waals surface area contributed by atoms with E-state index >= 15 is 0 Å². The van der Waals surface area contributed by atoms with E-state index in [-0.39, 0.29) is 11.2 Å². The molecule has 0 aliphatic carbocycles. The van der Waals surface area contributed by atoms with Crippen molar-refractivity contribution in [1.82, 2.24) is 4.90 Å². The van der Waals surface area contributed by atoms with Gasteiger partial charge in [-0.15, -0.1) is 5.10 Å². The number of amidine groups is 1. The molecule has 1 heterocycles. The highest BCUT2D eigenvalue weighted by Gasteiger charge is 2.37. The molecule has 3 aromatic rings. The molecule has 0 bridgehead atoms. The molecular formula is C25H24BrN3O2S. The summed E-state index contributed by atoms with van der Waals surface area (Å²) in [5, 5.41) is 11.6. The number of ether oxygens (including phenoxy) is 1. The summed E-state index contributed by atoms with van der Waals surface area (Å²) in [6.07, 6.45) is 3.42. The van der Waals surface area contributed by atoms with Crippen LogP contribution in [0.2, 0.25) is 0 Å². The molecule has 1 fully saturated rings. The Morgan fingerprint density at radius 2 is 1.97 bits per heavy atom. The van der Waals surface area contributed by atoms with Gasteiger partial charge in [0, 0.05) is 10.0 Å². The zero-order valence-electron chi connectivity index (χ0n) is 18.0. The van der Waals surface area contributed by atoms with E-state index in [9.17, 15) is 4.79 Å². The number of amides is 1. The number of hydrogen-bond donors (Lipinski definition) is 0. The summed E-state index contributed by atoms with van der Waals surface area (Å²) >= 11 is 4.97. The van der Waals surface area contributed by atoms with Gasteiger partial charge in [-0.25, -0.2) is 0 Å². The first-order valence-corrected chi connectivity index (χ1v) is 12.2. The van der Waals surface area contributed by atoms with Crippen LogP contribution in [0, 0.1) is 0 Å². The number of nitrogens with zero attached hydrogens (tertiary/aromatic N) is 3. The van der Waals surface area contributed by atoms with Crippen molar-refractivity contribution in [2.24, 2.45) is 10.2 Å². The standard InChI is InChI=1S/C25H24BrN3O2S/c1-3-7-23-24(30)29(16-18-10-6-9-17-8-4-5-11-21(17)18)25(32-23)28-27-15-19-14-20(26)12-13-22(19)31-2/h4-6,8-15,23H,3,7,16H2,1-2H3/b27-15-,28-25-/t23-/m0/s1. The molecule has 0 N–H and O–H groups in total. The van der Waals surface area contributed by atoms with Gasteiger partial charge in [0.2, 0.25) is 5.91 Å². The van der Waals surface area contributed by atoms with Crippen LogP contribution in [-0.4, -0.2) is 34.5 Å². The number of methoxy groups -OCH3 is 1. The molecule has 1 aliphatic rings. The van der Waals surface area contributed by atoms with Crippen LogP contribution in [0.15, 0.2) is 75.3 Å². The van der Waals surface area contributed by atoms with E-state index in [4.69, 9.17) is 4.74 Å². The summed E-state index contributed by atoms with van der Waals surface area (Å²) in [6, 6.07) is 20.1. The monoisotopic (exact) mass is 509 g/mol. The van der Waals surface area contributed by atoms with Crippen LogP contribution in [0.5, 0.6) is 5.75 Å². The molecule has 0 saturated carbocycles. The van der Waals surface area contributed by atoms with Gasteiger partial charge < -0.3 is 4.74 Å². The molecule has 0 radical (unpaired) electrons. The second-order valence-corrected chi connectivity index (χ2v) is 9.56. The molecule has 0 aromatic heterocycles. The fourth-order valence-electron chi connectivity index (χ4n) is 3.72. The predicted octanol–water partition coefficient (Wildman–Crippen LogP) is 6.25. The van der Waals surface area contributed by atoms with Crippen LogP contribution in [0.1, 0.15) is 30.9 Å². The molecule has 5 nitrogen and oxygen atoms in total. The quantitative estimate of drug-likeness (QED) is 0.279. The molecule has 1 amide bonds. The van der Waals surface area contributed by atoms with Gasteiger partial charge in [0.15, 0.2) is 5.17 Å². The maximum Gasteiger partial charge on any atom is 0.242 e. The zero-order chi connectivity index (χ0) is 22.5. The highest BCUT2D eigenvalue weighted by atomic mass is 79.9. The van der Waals surface area contributed by atoms with Gasteiger partial charge in [0.1, 0.15) is 5.75 Å². The van der Waals surface area contributed by atoms with Crippen LogP contribution in [0.3, 0.4) is 0 Å². The molecule has 0 unspecified atom stereocenters. The Bertz CT molecular complexity index is 1190. The number of thioether (sulfide) groups is 1. The predicted molar refractivity (Wildman–Crippen MR) is 137 cm³/mol. The molecule has 7 heteroatoms. The third-order valence-electron chi connectivity index (χ3n) is 5.31. The van der Waals surface area contributed by atoms with Gasteiger partial charge in [0.05, 0.1) is 25.1 Å². The van der Waals surface area contributed by atoms with Gasteiger partial charge in [0.25, 0.3) is 0 Å². The van der Waals surface area contributed by atoms with E-state index < -0.39 is 0 Å². The fourth-order valence-corrected chi connectivity index (χ4v) is 5.32. The Balaban J connectivity index is 1.64. The van der Waals surface area contributed by atoms with Crippen LogP contribution in [-0.2, 0) is 11.3 Å². The van der Waals surface area contributed by atoms with Crippen molar-refractivity contribution in [3.8, 4) is 5.75 Å². The van der Waals surface area contributed by atoms with Gasteiger partial charge in [-0.3, -0.25) is 9.69 Å². The minimum atomic E-state index is -0.121. The van der Waals surface area contributed by atoms with Gasteiger partial charge in [-0.2, -0.15) is 5.10 Å². The SMILES string of the molecule is CCC[C@@H]1S/C(=N\N=C/c2cc(Br)ccc2OC)N(Cc2cccc3ccccc23)C1=O. The molecular weight excluding hydrogens is 486 g/mol. The maximum atomic E-state index is 13.2. The van der Waals surface area contributed by atoms with Crippen LogP contribution >= 0.6 is 27.7 Å². The van der Waals surface area contributed by atoms with Gasteiger partial charge in [-0.05, 0) is 41.0 Å². The second kappa shape index (κ2) is 10.3. The Morgan fingerprint density at radius 1 is 1.16 bits per heavy atom. The first-order chi connectivity index (χ1) is 15.6. The van der Waals surface area contributed by atoms with E-state index in [1.807, 2.05) is 36.4 Å². The number of carbonyl (C=O) groups is 1. The summed E-state index contributed by atoms with van der Waals surface area (Å²) in [5.74, 6) is 0.808. The zero-order valence-corrected chi connectivity index (χ0v) is 20.4. The van der Waals surface area contributed by atoms with E-state index in [2.05, 4.69) is 57.3 Å². The smallest absolute Gasteiger partial charge is 0.242 e. The molecule has 3 aromatic carbocycles. The number of hydrogen-bond acceptors (Lipinski definition) is 5. The molecule has 0 spiro atoms. The number of benzene rings is 3. The Morgan fingerprint density at radius 3 is 2.78 bits per heavy atom. The molecule has 164 valence electrons. The fraction of sp³-hybridized carbons (Fsp3) is 0.240. The third-order valence-corrected chi connectivity index (χ3v) is 7.04. The van der Waals surface area contributed by atoms with E-state index in [1.165, 1.54) is 11.8 Å². The first-order valence-electron chi connectivity index (χ1n) is 10.5. The lowest BCUT2D eigenvalue weighted by Gasteiger charge is -2.17.